The molecule has 0 rings (SSSR count). The van der Waals surface area contributed by atoms with Crippen molar-refractivity contribution in [1.29, 1.82) is 0 Å². The van der Waals surface area contributed by atoms with E-state index in [1.54, 1.807) is 0 Å². The average molecular weight is 726 g/mol. The third kappa shape index (κ3) is 6.06. The largest absolute Gasteiger partial charge is 0.457 e. The van der Waals surface area contributed by atoms with Gasteiger partial charge in [0.2, 0.25) is 0 Å². The molecule has 45 heavy (non-hydrogen) atoms. The van der Waals surface area contributed by atoms with E-state index >= 15 is 0 Å². The minimum absolute atomic E-state index is 0.613. The van der Waals surface area contributed by atoms with Gasteiger partial charge in [0.15, 0.2) is 0 Å². The van der Waals surface area contributed by atoms with Gasteiger partial charge in [0.05, 0.1) is 6.61 Å². The van der Waals surface area contributed by atoms with Gasteiger partial charge in [0.1, 0.15) is 6.10 Å². The lowest BCUT2D eigenvalue weighted by Crippen LogP contribution is -2.79. The molecule has 0 radical (unpaired) electrons. The van der Waals surface area contributed by atoms with Crippen LogP contribution in [0.3, 0.4) is 0 Å². The highest BCUT2D eigenvalue weighted by Gasteiger charge is 2.99. The Morgan fingerprint density at radius 3 is 1.13 bits per heavy atom. The average Bonchev–Trinajstić information content (AvgIpc) is 2.83. The van der Waals surface area contributed by atoms with Gasteiger partial charge in [-0.3, -0.25) is 0 Å². The number of rotatable bonds is 14. The molecule has 0 aliphatic carbocycles. The van der Waals surface area contributed by atoms with E-state index in [0.717, 1.165) is 6.92 Å². The first-order valence-electron chi connectivity index (χ1n) is 10.6. The van der Waals surface area contributed by atoms with Crippen molar-refractivity contribution in [2.75, 3.05) is 6.61 Å². The van der Waals surface area contributed by atoms with Gasteiger partial charge >= 0.3 is 71.4 Å². The minimum atomic E-state index is -9.53. The zero-order valence-corrected chi connectivity index (χ0v) is 20.9. The number of alkyl halides is 23. The van der Waals surface area contributed by atoms with E-state index in [-0.39, 0.29) is 0 Å². The zero-order chi connectivity index (χ0) is 37.1. The van der Waals surface area contributed by atoms with Crippen LogP contribution in [0.25, 0.3) is 0 Å². The maximum Gasteiger partial charge on any atom is 0.438 e. The van der Waals surface area contributed by atoms with E-state index < -0.39 is 102 Å². The van der Waals surface area contributed by atoms with Crippen LogP contribution >= 0.6 is 0 Å². The van der Waals surface area contributed by atoms with E-state index in [1.807, 2.05) is 0 Å². The topological polar surface area (TPSA) is 46.5 Å². The molecule has 0 aromatic heterocycles. The molecule has 0 bridgehead atoms. The standard InChI is InChI=1S/C19H13F23O3/c1-6(2)8(44)45-7(5-43)3-4-9(20,21)11(23,24)13(27,28)15(31,32)17(35,36)16(33,34)14(29,30)12(25,26)10(22,18(37,38)39)19(40,41)42/h7,43H,1,3-5H2,2H3. The Morgan fingerprint density at radius 2 is 0.867 bits per heavy atom. The van der Waals surface area contributed by atoms with Crippen molar-refractivity contribution in [2.45, 2.75) is 91.3 Å². The highest BCUT2D eigenvalue weighted by Crippen LogP contribution is 2.68. The Labute approximate surface area is 232 Å². The number of halogens is 23. The Kier molecular flexibility index (Phi) is 11.0. The van der Waals surface area contributed by atoms with E-state index in [9.17, 15) is 106 Å². The summed E-state index contributed by atoms with van der Waals surface area (Å²) in [4.78, 5) is 11.2. The van der Waals surface area contributed by atoms with Crippen molar-refractivity contribution in [3.05, 3.63) is 12.2 Å². The summed E-state index contributed by atoms with van der Waals surface area (Å²) in [6.45, 7) is 2.06. The fraction of sp³-hybridized carbons (Fsp3) is 0.842. The van der Waals surface area contributed by atoms with Gasteiger partial charge in [-0.15, -0.1) is 0 Å². The molecular weight excluding hydrogens is 713 g/mol. The van der Waals surface area contributed by atoms with Crippen LogP contribution in [0.5, 0.6) is 0 Å². The summed E-state index contributed by atoms with van der Waals surface area (Å²) in [5.41, 5.74) is -9.68. The van der Waals surface area contributed by atoms with E-state index in [2.05, 4.69) is 11.3 Å². The quantitative estimate of drug-likeness (QED) is 0.112. The van der Waals surface area contributed by atoms with Gasteiger partial charge in [-0.1, -0.05) is 6.58 Å². The smallest absolute Gasteiger partial charge is 0.438 e. The molecule has 0 aliphatic heterocycles. The Morgan fingerprint density at radius 1 is 0.578 bits per heavy atom. The summed E-state index contributed by atoms with van der Waals surface area (Å²) in [7, 11) is 0. The molecule has 268 valence electrons. The van der Waals surface area contributed by atoms with Crippen LogP contribution in [0.1, 0.15) is 19.8 Å². The summed E-state index contributed by atoms with van der Waals surface area (Å²) >= 11 is 0. The van der Waals surface area contributed by atoms with Crippen molar-refractivity contribution < 1.29 is 116 Å². The maximum atomic E-state index is 13.9. The number of hydrogen-bond acceptors (Lipinski definition) is 3. The molecule has 0 saturated heterocycles. The number of esters is 1. The SMILES string of the molecule is C=C(C)C(=O)OC(CO)CCC(F)(F)C(F)(F)C(F)(F)C(F)(F)C(F)(F)C(F)(F)C(F)(F)C(F)(F)C(F)(C(F)(F)F)C(F)(F)F. The van der Waals surface area contributed by atoms with Crippen molar-refractivity contribution >= 4 is 5.97 Å². The number of ether oxygens (including phenoxy) is 1. The van der Waals surface area contributed by atoms with Gasteiger partial charge in [-0.2, -0.15) is 96.6 Å². The summed E-state index contributed by atoms with van der Waals surface area (Å²) in [6.07, 6.45) is -24.6. The number of carbonyl (C=O) groups excluding carboxylic acids is 1. The predicted molar refractivity (Wildman–Crippen MR) is 96.5 cm³/mol. The van der Waals surface area contributed by atoms with Crippen LogP contribution < -0.4 is 0 Å². The molecule has 3 nitrogen and oxygen atoms in total. The lowest BCUT2D eigenvalue weighted by atomic mass is 9.82. The second kappa shape index (κ2) is 11.7. The predicted octanol–water partition coefficient (Wildman–Crippen LogP) is 8.16. The fourth-order valence-electron chi connectivity index (χ4n) is 2.89. The molecule has 1 N–H and O–H groups in total. The van der Waals surface area contributed by atoms with Crippen molar-refractivity contribution in [3.63, 3.8) is 0 Å². The van der Waals surface area contributed by atoms with E-state index in [0.29, 0.717) is 0 Å². The number of aliphatic hydroxyl groups excluding tert-OH is 1. The van der Waals surface area contributed by atoms with Gasteiger partial charge in [0, 0.05) is 12.0 Å². The summed E-state index contributed by atoms with van der Waals surface area (Å²) < 4.78 is 313. The summed E-state index contributed by atoms with van der Waals surface area (Å²) in [5.74, 6) is -72.8. The Balaban J connectivity index is 7.03. The van der Waals surface area contributed by atoms with Gasteiger partial charge in [-0.05, 0) is 13.3 Å². The molecule has 0 fully saturated rings. The van der Waals surface area contributed by atoms with Crippen LogP contribution in [0.15, 0.2) is 12.2 Å². The van der Waals surface area contributed by atoms with Crippen LogP contribution in [0.4, 0.5) is 101 Å². The van der Waals surface area contributed by atoms with Gasteiger partial charge in [-0.25, -0.2) is 9.18 Å². The monoisotopic (exact) mass is 726 g/mol. The molecule has 1 unspecified atom stereocenters. The highest BCUT2D eigenvalue weighted by molar-refractivity contribution is 5.87. The van der Waals surface area contributed by atoms with Crippen LogP contribution in [0.2, 0.25) is 0 Å². The van der Waals surface area contributed by atoms with Gasteiger partial charge in [0.25, 0.3) is 0 Å². The molecule has 1 atom stereocenters. The van der Waals surface area contributed by atoms with E-state index in [4.69, 9.17) is 5.11 Å². The zero-order valence-electron chi connectivity index (χ0n) is 20.9. The van der Waals surface area contributed by atoms with Crippen molar-refractivity contribution in [1.82, 2.24) is 0 Å². The van der Waals surface area contributed by atoms with Crippen molar-refractivity contribution in [3.8, 4) is 0 Å². The molecule has 0 amide bonds. The maximum absolute atomic E-state index is 13.9. The third-order valence-electron chi connectivity index (χ3n) is 5.65. The summed E-state index contributed by atoms with van der Waals surface area (Å²) in [5, 5.41) is 8.85. The molecular formula is C19H13F23O3. The molecule has 0 aromatic carbocycles. The highest BCUT2D eigenvalue weighted by atomic mass is 19.4. The molecule has 0 heterocycles. The molecule has 26 heteroatoms. The summed E-state index contributed by atoms with van der Waals surface area (Å²) in [6, 6.07) is 0. The molecule has 0 spiro atoms. The normalized spacial score (nSPS) is 16.5. The fourth-order valence-corrected chi connectivity index (χ4v) is 2.89. The molecule has 0 aromatic rings. The minimum Gasteiger partial charge on any atom is -0.457 e. The van der Waals surface area contributed by atoms with Gasteiger partial charge < -0.3 is 9.84 Å². The Hall–Kier alpha value is -2.44. The van der Waals surface area contributed by atoms with E-state index in [1.165, 1.54) is 0 Å². The Bertz CT molecular complexity index is 1070. The second-order valence-corrected chi connectivity index (χ2v) is 8.91. The first-order valence-corrected chi connectivity index (χ1v) is 10.6. The van der Waals surface area contributed by atoms with Crippen LogP contribution in [-0.4, -0.2) is 89.2 Å². The molecule has 0 saturated carbocycles. The number of hydrogen-bond donors (Lipinski definition) is 1. The lowest BCUT2D eigenvalue weighted by Gasteiger charge is -2.46. The van der Waals surface area contributed by atoms with Crippen LogP contribution in [-0.2, 0) is 9.53 Å². The number of carbonyl (C=O) groups is 1. The van der Waals surface area contributed by atoms with Crippen LogP contribution in [0, 0.1) is 0 Å². The number of aliphatic hydroxyl groups is 1. The third-order valence-corrected chi connectivity index (χ3v) is 5.65. The lowest BCUT2D eigenvalue weighted by molar-refractivity contribution is -0.481. The van der Waals surface area contributed by atoms with Crippen molar-refractivity contribution in [2.24, 2.45) is 0 Å². The first kappa shape index (κ1) is 42.6. The molecule has 0 aliphatic rings. The second-order valence-electron chi connectivity index (χ2n) is 8.91. The first-order chi connectivity index (χ1) is 19.3.